The fourth-order valence-corrected chi connectivity index (χ4v) is 2.74. The van der Waals surface area contributed by atoms with E-state index in [1.807, 2.05) is 92.7 Å². The lowest BCUT2D eigenvalue weighted by Crippen LogP contribution is -2.14. The highest BCUT2D eigenvalue weighted by Crippen LogP contribution is 2.30. The van der Waals surface area contributed by atoms with Gasteiger partial charge in [-0.3, -0.25) is 0 Å². The van der Waals surface area contributed by atoms with E-state index < -0.39 is 6.29 Å². The second kappa shape index (κ2) is 6.96. The molecule has 0 spiro atoms. The van der Waals surface area contributed by atoms with E-state index in [-0.39, 0.29) is 0 Å². The van der Waals surface area contributed by atoms with E-state index in [2.05, 4.69) is 0 Å². The molecule has 0 N–H and O–H groups in total. The molecule has 0 radical (unpaired) electrons. The molecule has 0 aliphatic heterocycles. The summed E-state index contributed by atoms with van der Waals surface area (Å²) >= 11 is 0. The minimum atomic E-state index is -0.673. The number of para-hydroxylation sites is 1. The Balaban J connectivity index is 1.67. The molecule has 0 aliphatic carbocycles. The lowest BCUT2D eigenvalue weighted by atomic mass is 10.2. The van der Waals surface area contributed by atoms with Crippen molar-refractivity contribution in [1.29, 1.82) is 0 Å². The smallest absolute Gasteiger partial charge is 0.300 e. The van der Waals surface area contributed by atoms with Gasteiger partial charge in [-0.05, 0) is 50.2 Å². The Morgan fingerprint density at radius 2 is 1.23 bits per heavy atom. The van der Waals surface area contributed by atoms with E-state index >= 15 is 0 Å². The Morgan fingerprint density at radius 1 is 0.692 bits per heavy atom. The van der Waals surface area contributed by atoms with Crippen molar-refractivity contribution in [3.8, 4) is 11.5 Å². The van der Waals surface area contributed by atoms with Crippen molar-refractivity contribution in [3.63, 3.8) is 0 Å². The van der Waals surface area contributed by atoms with Crippen molar-refractivity contribution in [3.05, 3.63) is 95.7 Å². The average molecular weight is 344 g/mol. The van der Waals surface area contributed by atoms with Crippen LogP contribution in [0.4, 0.5) is 0 Å². The summed E-state index contributed by atoms with van der Waals surface area (Å²) in [4.78, 5) is 0. The Bertz CT molecular complexity index is 917. The third kappa shape index (κ3) is 3.57. The number of aryl methyl sites for hydroxylation is 2. The maximum atomic E-state index is 6.10. The van der Waals surface area contributed by atoms with Gasteiger partial charge < -0.3 is 13.9 Å². The molecular formula is C23H20O3. The molecule has 3 aromatic carbocycles. The van der Waals surface area contributed by atoms with Gasteiger partial charge in [-0.25, -0.2) is 0 Å². The minimum absolute atomic E-state index is 0.632. The van der Waals surface area contributed by atoms with E-state index in [1.54, 1.807) is 0 Å². The predicted octanol–water partition coefficient (Wildman–Crippen LogP) is 6.21. The molecule has 0 amide bonds. The summed E-state index contributed by atoms with van der Waals surface area (Å²) in [7, 11) is 0. The summed E-state index contributed by atoms with van der Waals surface area (Å²) < 4.78 is 18.2. The second-order valence-electron chi connectivity index (χ2n) is 6.38. The molecular weight excluding hydrogens is 324 g/mol. The first-order valence-corrected chi connectivity index (χ1v) is 8.62. The molecule has 0 saturated heterocycles. The molecule has 0 saturated carbocycles. The molecule has 1 aromatic heterocycles. The van der Waals surface area contributed by atoms with Crippen molar-refractivity contribution < 1.29 is 13.9 Å². The Kier molecular flexibility index (Phi) is 4.36. The van der Waals surface area contributed by atoms with Crippen LogP contribution < -0.4 is 9.47 Å². The average Bonchev–Trinajstić information content (AvgIpc) is 3.09. The first-order valence-electron chi connectivity index (χ1n) is 8.62. The van der Waals surface area contributed by atoms with Gasteiger partial charge in [0.25, 0.3) is 6.29 Å². The van der Waals surface area contributed by atoms with Gasteiger partial charge in [0.05, 0.1) is 0 Å². The highest BCUT2D eigenvalue weighted by Gasteiger charge is 2.20. The van der Waals surface area contributed by atoms with Crippen molar-refractivity contribution in [2.75, 3.05) is 0 Å². The topological polar surface area (TPSA) is 31.6 Å². The summed E-state index contributed by atoms with van der Waals surface area (Å²) in [6, 6.07) is 25.6. The molecule has 0 fully saturated rings. The van der Waals surface area contributed by atoms with Crippen molar-refractivity contribution in [1.82, 2.24) is 0 Å². The van der Waals surface area contributed by atoms with Crippen LogP contribution in [0.5, 0.6) is 11.5 Å². The monoisotopic (exact) mass is 344 g/mol. The summed E-state index contributed by atoms with van der Waals surface area (Å²) in [6.45, 7) is 4.09. The largest absolute Gasteiger partial charge is 0.453 e. The third-order valence-corrected chi connectivity index (χ3v) is 4.21. The summed E-state index contributed by atoms with van der Waals surface area (Å²) in [5.74, 6) is 2.09. The molecule has 0 unspecified atom stereocenters. The second-order valence-corrected chi connectivity index (χ2v) is 6.38. The lowest BCUT2D eigenvalue weighted by molar-refractivity contribution is -0.0120. The van der Waals surface area contributed by atoms with Gasteiger partial charge in [-0.15, -0.1) is 0 Å². The lowest BCUT2D eigenvalue weighted by Gasteiger charge is -2.19. The molecule has 0 bridgehead atoms. The van der Waals surface area contributed by atoms with Crippen molar-refractivity contribution in [2.45, 2.75) is 20.1 Å². The number of hydrogen-bond acceptors (Lipinski definition) is 3. The van der Waals surface area contributed by atoms with Gasteiger partial charge >= 0.3 is 0 Å². The van der Waals surface area contributed by atoms with Gasteiger partial charge in [-0.2, -0.15) is 0 Å². The summed E-state index contributed by atoms with van der Waals surface area (Å²) in [5, 5.41) is 1.02. The first kappa shape index (κ1) is 16.3. The zero-order valence-corrected chi connectivity index (χ0v) is 14.8. The van der Waals surface area contributed by atoms with Crippen LogP contribution in [0.25, 0.3) is 11.0 Å². The fourth-order valence-electron chi connectivity index (χ4n) is 2.74. The minimum Gasteiger partial charge on any atom is -0.453 e. The first-order chi connectivity index (χ1) is 12.7. The molecule has 130 valence electrons. The number of furan rings is 1. The Morgan fingerprint density at radius 3 is 1.77 bits per heavy atom. The zero-order valence-electron chi connectivity index (χ0n) is 14.8. The van der Waals surface area contributed by atoms with Gasteiger partial charge in [0.2, 0.25) is 0 Å². The van der Waals surface area contributed by atoms with Crippen LogP contribution >= 0.6 is 0 Å². The molecule has 4 aromatic rings. The van der Waals surface area contributed by atoms with Crippen molar-refractivity contribution in [2.24, 2.45) is 0 Å². The Labute approximate surface area is 152 Å². The predicted molar refractivity (Wildman–Crippen MR) is 103 cm³/mol. The zero-order chi connectivity index (χ0) is 17.9. The van der Waals surface area contributed by atoms with Gasteiger partial charge in [-0.1, -0.05) is 53.6 Å². The number of hydrogen-bond donors (Lipinski definition) is 0. The number of ether oxygens (including phenoxy) is 2. The highest BCUT2D eigenvalue weighted by atomic mass is 16.7. The van der Waals surface area contributed by atoms with E-state index in [4.69, 9.17) is 13.9 Å². The number of benzene rings is 3. The van der Waals surface area contributed by atoms with Crippen LogP contribution in [0.3, 0.4) is 0 Å². The Hall–Kier alpha value is -3.20. The third-order valence-electron chi connectivity index (χ3n) is 4.21. The SMILES string of the molecule is Cc1ccc(OC(Oc2ccc(C)cc2)c2cc3ccccc3o2)cc1. The molecule has 26 heavy (non-hydrogen) atoms. The number of rotatable bonds is 5. The van der Waals surface area contributed by atoms with Gasteiger partial charge in [0, 0.05) is 5.39 Å². The van der Waals surface area contributed by atoms with Crippen molar-refractivity contribution >= 4 is 11.0 Å². The van der Waals surface area contributed by atoms with Crippen LogP contribution in [0, 0.1) is 13.8 Å². The molecule has 0 atom stereocenters. The van der Waals surface area contributed by atoms with Crippen LogP contribution in [0.2, 0.25) is 0 Å². The quantitative estimate of drug-likeness (QED) is 0.404. The molecule has 4 rings (SSSR count). The van der Waals surface area contributed by atoms with Gasteiger partial charge in [0.15, 0.2) is 5.76 Å². The summed E-state index contributed by atoms with van der Waals surface area (Å²) in [6.07, 6.45) is -0.673. The fraction of sp³-hybridized carbons (Fsp3) is 0.130. The van der Waals surface area contributed by atoms with Crippen LogP contribution in [-0.4, -0.2) is 0 Å². The molecule has 0 aliphatic rings. The standard InChI is InChI=1S/C23H20O3/c1-16-7-11-19(12-8-16)24-23(25-20-13-9-17(2)10-14-20)22-15-18-5-3-4-6-21(18)26-22/h3-15,23H,1-2H3. The van der Waals surface area contributed by atoms with Crippen LogP contribution in [0.1, 0.15) is 23.2 Å². The van der Waals surface area contributed by atoms with Gasteiger partial charge in [0.1, 0.15) is 17.1 Å². The maximum absolute atomic E-state index is 6.10. The number of fused-ring (bicyclic) bond motifs is 1. The highest BCUT2D eigenvalue weighted by molar-refractivity contribution is 5.77. The van der Waals surface area contributed by atoms with E-state index in [1.165, 1.54) is 11.1 Å². The van der Waals surface area contributed by atoms with E-state index in [9.17, 15) is 0 Å². The van der Waals surface area contributed by atoms with Crippen LogP contribution in [-0.2, 0) is 0 Å². The normalized spacial score (nSPS) is 11.0. The van der Waals surface area contributed by atoms with Crippen LogP contribution in [0.15, 0.2) is 83.3 Å². The molecule has 3 nitrogen and oxygen atoms in total. The molecule has 3 heteroatoms. The summed E-state index contributed by atoms with van der Waals surface area (Å²) in [5.41, 5.74) is 3.17. The maximum Gasteiger partial charge on any atom is 0.300 e. The molecule has 1 heterocycles. The van der Waals surface area contributed by atoms with E-state index in [0.29, 0.717) is 5.76 Å². The van der Waals surface area contributed by atoms with E-state index in [0.717, 1.165) is 22.5 Å².